The minimum absolute atomic E-state index is 0.00509. The average Bonchev–Trinajstić information content (AvgIpc) is 2.12. The predicted molar refractivity (Wildman–Crippen MR) is 60.0 cm³/mol. The van der Waals surface area contributed by atoms with E-state index < -0.39 is 5.54 Å². The predicted octanol–water partition coefficient (Wildman–Crippen LogP) is 1.54. The van der Waals surface area contributed by atoms with E-state index in [0.717, 1.165) is 5.57 Å². The van der Waals surface area contributed by atoms with E-state index in [2.05, 4.69) is 6.58 Å². The van der Waals surface area contributed by atoms with E-state index in [4.69, 9.17) is 5.73 Å². The maximum absolute atomic E-state index is 11.9. The van der Waals surface area contributed by atoms with Gasteiger partial charge in [-0.3, -0.25) is 4.79 Å². The molecule has 0 heterocycles. The summed E-state index contributed by atoms with van der Waals surface area (Å²) in [6.45, 7) is 12.6. The molecule has 2 N–H and O–H groups in total. The van der Waals surface area contributed by atoms with Crippen LogP contribution in [-0.4, -0.2) is 29.4 Å². The Labute approximate surface area is 87.0 Å². The van der Waals surface area contributed by atoms with Gasteiger partial charge < -0.3 is 10.6 Å². The molecule has 1 unspecified atom stereocenters. The van der Waals surface area contributed by atoms with Crippen molar-refractivity contribution < 1.29 is 4.79 Å². The van der Waals surface area contributed by atoms with Crippen molar-refractivity contribution >= 4 is 5.91 Å². The molecule has 14 heavy (non-hydrogen) atoms. The van der Waals surface area contributed by atoms with Gasteiger partial charge in [0, 0.05) is 13.1 Å². The molecule has 0 fully saturated rings. The molecule has 0 aliphatic carbocycles. The van der Waals surface area contributed by atoms with Crippen LogP contribution in [-0.2, 0) is 4.79 Å². The molecule has 0 saturated heterocycles. The smallest absolute Gasteiger partial charge is 0.242 e. The third kappa shape index (κ3) is 3.50. The van der Waals surface area contributed by atoms with Gasteiger partial charge in [-0.25, -0.2) is 0 Å². The third-order valence-corrected chi connectivity index (χ3v) is 2.35. The first kappa shape index (κ1) is 13.2. The number of nitrogens with zero attached hydrogens (tertiary/aromatic N) is 1. The molecular formula is C11H22N2O. The Bertz CT molecular complexity index is 221. The third-order valence-electron chi connectivity index (χ3n) is 2.35. The maximum Gasteiger partial charge on any atom is 0.242 e. The second-order valence-electron chi connectivity index (χ2n) is 4.05. The second-order valence-corrected chi connectivity index (χ2v) is 4.05. The summed E-state index contributed by atoms with van der Waals surface area (Å²) >= 11 is 0. The van der Waals surface area contributed by atoms with Crippen molar-refractivity contribution in [1.82, 2.24) is 4.90 Å². The van der Waals surface area contributed by atoms with Crippen LogP contribution in [0.15, 0.2) is 12.2 Å². The summed E-state index contributed by atoms with van der Waals surface area (Å²) in [6, 6.07) is 0. The lowest BCUT2D eigenvalue weighted by molar-refractivity contribution is -0.135. The maximum atomic E-state index is 11.9. The van der Waals surface area contributed by atoms with Crippen molar-refractivity contribution in [3.63, 3.8) is 0 Å². The number of hydrogen-bond donors (Lipinski definition) is 1. The first-order chi connectivity index (χ1) is 6.35. The van der Waals surface area contributed by atoms with Crippen LogP contribution in [0.5, 0.6) is 0 Å². The Morgan fingerprint density at radius 1 is 1.50 bits per heavy atom. The van der Waals surface area contributed by atoms with Crippen LogP contribution >= 0.6 is 0 Å². The molecule has 0 aliphatic rings. The van der Waals surface area contributed by atoms with Crippen LogP contribution in [0.1, 0.15) is 34.1 Å². The monoisotopic (exact) mass is 198 g/mol. The van der Waals surface area contributed by atoms with Crippen LogP contribution in [0, 0.1) is 0 Å². The largest absolute Gasteiger partial charge is 0.337 e. The zero-order chi connectivity index (χ0) is 11.4. The van der Waals surface area contributed by atoms with E-state index in [-0.39, 0.29) is 5.91 Å². The Kier molecular flexibility index (Phi) is 4.85. The molecule has 0 aromatic rings. The number of likely N-dealkylation sites (N-methyl/N-ethyl adjacent to an activating group) is 1. The number of hydrogen-bond acceptors (Lipinski definition) is 2. The van der Waals surface area contributed by atoms with Gasteiger partial charge in [0.15, 0.2) is 0 Å². The van der Waals surface area contributed by atoms with E-state index in [1.54, 1.807) is 11.8 Å². The van der Waals surface area contributed by atoms with Gasteiger partial charge in [0.1, 0.15) is 0 Å². The quantitative estimate of drug-likeness (QED) is 0.681. The van der Waals surface area contributed by atoms with E-state index in [1.807, 2.05) is 20.8 Å². The molecular weight excluding hydrogens is 176 g/mol. The first-order valence-electron chi connectivity index (χ1n) is 5.07. The van der Waals surface area contributed by atoms with Crippen molar-refractivity contribution in [3.8, 4) is 0 Å². The summed E-state index contributed by atoms with van der Waals surface area (Å²) in [5, 5.41) is 0. The molecule has 0 aliphatic heterocycles. The summed E-state index contributed by atoms with van der Waals surface area (Å²) in [5.74, 6) is 0.00509. The minimum Gasteiger partial charge on any atom is -0.337 e. The molecule has 0 aromatic heterocycles. The second kappa shape index (κ2) is 5.15. The Hall–Kier alpha value is -0.830. The van der Waals surface area contributed by atoms with Crippen LogP contribution in [0.3, 0.4) is 0 Å². The highest BCUT2D eigenvalue weighted by Crippen LogP contribution is 2.10. The molecule has 82 valence electrons. The number of rotatable bonds is 5. The van der Waals surface area contributed by atoms with Crippen LogP contribution in [0.4, 0.5) is 0 Å². The molecule has 0 aromatic carbocycles. The Morgan fingerprint density at radius 2 is 2.00 bits per heavy atom. The molecule has 1 atom stereocenters. The zero-order valence-corrected chi connectivity index (χ0v) is 9.76. The summed E-state index contributed by atoms with van der Waals surface area (Å²) in [5.41, 5.74) is 6.13. The van der Waals surface area contributed by atoms with Crippen molar-refractivity contribution in [2.45, 2.75) is 39.7 Å². The highest BCUT2D eigenvalue weighted by atomic mass is 16.2. The molecule has 3 nitrogen and oxygen atoms in total. The van der Waals surface area contributed by atoms with Gasteiger partial charge in [0.25, 0.3) is 0 Å². The number of amides is 1. The number of nitrogens with two attached hydrogens (primary N) is 1. The number of carbonyl (C=O) groups excluding carboxylic acids is 1. The lowest BCUT2D eigenvalue weighted by Crippen LogP contribution is -2.53. The Balaban J connectivity index is 4.54. The summed E-state index contributed by atoms with van der Waals surface area (Å²) < 4.78 is 0. The van der Waals surface area contributed by atoms with E-state index in [1.165, 1.54) is 0 Å². The molecule has 0 spiro atoms. The average molecular weight is 198 g/mol. The van der Waals surface area contributed by atoms with Gasteiger partial charge in [0.05, 0.1) is 5.54 Å². The lowest BCUT2D eigenvalue weighted by atomic mass is 9.98. The molecule has 0 bridgehead atoms. The molecule has 0 radical (unpaired) electrons. The standard InChI is InChI=1S/C11H22N2O/c1-6-11(5,12)10(14)13(7-2)8-9(3)4/h3,6-8,12H2,1-2,4-5H3. The van der Waals surface area contributed by atoms with Crippen molar-refractivity contribution in [1.29, 1.82) is 0 Å². The minimum atomic E-state index is -0.745. The highest BCUT2D eigenvalue weighted by molar-refractivity contribution is 5.85. The van der Waals surface area contributed by atoms with Gasteiger partial charge in [-0.05, 0) is 27.2 Å². The van der Waals surface area contributed by atoms with Crippen molar-refractivity contribution in [2.75, 3.05) is 13.1 Å². The van der Waals surface area contributed by atoms with Crippen LogP contribution in [0.2, 0.25) is 0 Å². The van der Waals surface area contributed by atoms with Gasteiger partial charge in [-0.15, -0.1) is 0 Å². The fraction of sp³-hybridized carbons (Fsp3) is 0.727. The summed E-state index contributed by atoms with van der Waals surface area (Å²) in [4.78, 5) is 13.7. The van der Waals surface area contributed by atoms with E-state index in [9.17, 15) is 4.79 Å². The van der Waals surface area contributed by atoms with Crippen molar-refractivity contribution in [2.24, 2.45) is 5.73 Å². The van der Waals surface area contributed by atoms with Gasteiger partial charge in [0.2, 0.25) is 5.91 Å². The van der Waals surface area contributed by atoms with Crippen LogP contribution < -0.4 is 5.73 Å². The number of carbonyl (C=O) groups is 1. The SMILES string of the molecule is C=C(C)CN(CC)C(=O)C(C)(N)CC. The Morgan fingerprint density at radius 3 is 2.29 bits per heavy atom. The fourth-order valence-electron chi connectivity index (χ4n) is 1.17. The lowest BCUT2D eigenvalue weighted by Gasteiger charge is -2.30. The van der Waals surface area contributed by atoms with Crippen molar-refractivity contribution in [3.05, 3.63) is 12.2 Å². The van der Waals surface area contributed by atoms with Gasteiger partial charge in [-0.2, -0.15) is 0 Å². The van der Waals surface area contributed by atoms with E-state index >= 15 is 0 Å². The molecule has 0 saturated carbocycles. The van der Waals surface area contributed by atoms with Gasteiger partial charge >= 0.3 is 0 Å². The molecule has 3 heteroatoms. The molecule has 0 rings (SSSR count). The summed E-state index contributed by atoms with van der Waals surface area (Å²) in [6.07, 6.45) is 0.651. The first-order valence-corrected chi connectivity index (χ1v) is 5.07. The highest BCUT2D eigenvalue weighted by Gasteiger charge is 2.29. The van der Waals surface area contributed by atoms with Crippen LogP contribution in [0.25, 0.3) is 0 Å². The zero-order valence-electron chi connectivity index (χ0n) is 9.76. The van der Waals surface area contributed by atoms with Gasteiger partial charge in [-0.1, -0.05) is 19.1 Å². The summed E-state index contributed by atoms with van der Waals surface area (Å²) in [7, 11) is 0. The normalized spacial score (nSPS) is 14.6. The van der Waals surface area contributed by atoms with E-state index in [0.29, 0.717) is 19.5 Å². The fourth-order valence-corrected chi connectivity index (χ4v) is 1.17. The molecule has 1 amide bonds. The topological polar surface area (TPSA) is 46.3 Å².